The number of alkyl halides is 3. The van der Waals surface area contributed by atoms with E-state index in [0.29, 0.717) is 27.3 Å². The zero-order valence-corrected chi connectivity index (χ0v) is 20.4. The molecule has 0 aliphatic carbocycles. The molecular weight excluding hydrogens is 527 g/mol. The highest BCUT2D eigenvalue weighted by Crippen LogP contribution is 2.30. The second-order valence-corrected chi connectivity index (χ2v) is 8.72. The Hall–Kier alpha value is -4.09. The van der Waals surface area contributed by atoms with Crippen LogP contribution in [0.1, 0.15) is 15.4 Å². The van der Waals surface area contributed by atoms with Gasteiger partial charge in [0.15, 0.2) is 12.4 Å². The molecule has 0 unspecified atom stereocenters. The Kier molecular flexibility index (Phi) is 7.65. The normalized spacial score (nSPS) is 11.1. The number of hydrogen-bond acceptors (Lipinski definition) is 6. The van der Waals surface area contributed by atoms with Crippen LogP contribution in [0, 0.1) is 0 Å². The highest BCUT2D eigenvalue weighted by Gasteiger charge is 2.31. The third kappa shape index (κ3) is 6.19. The number of aromatic nitrogens is 4. The molecule has 3 heterocycles. The summed E-state index contributed by atoms with van der Waals surface area (Å²) in [5.41, 5.74) is 2.75. The first-order valence-corrected chi connectivity index (χ1v) is 11.5. The highest BCUT2D eigenvalue weighted by molar-refractivity contribution is 7.15. The summed E-state index contributed by atoms with van der Waals surface area (Å²) < 4.78 is 41.2. The van der Waals surface area contributed by atoms with Crippen LogP contribution in [0.3, 0.4) is 0 Å². The molecule has 0 saturated carbocycles. The molecule has 0 aliphatic heterocycles. The van der Waals surface area contributed by atoms with Crippen molar-refractivity contribution >= 4 is 34.0 Å². The number of fused-ring (bicyclic) bond motifs is 1. The third-order valence-electron chi connectivity index (χ3n) is 5.12. The predicted molar refractivity (Wildman–Crippen MR) is 127 cm³/mol. The van der Waals surface area contributed by atoms with E-state index in [1.54, 1.807) is 41.7 Å². The standard InChI is InChI=1S/C25H16F3N5O2S.ClH/c26-25(27,28)35-18-9-7-16(8-10-18)23-31-13-19(36-23)15-33(17-4-3-11-29-12-17)24(34)22-14-30-20-5-1-2-6-21(20)32-22;/h1-14H,15H2;1H. The molecule has 0 atom stereocenters. The number of ether oxygens (including phenoxy) is 1. The number of benzene rings is 2. The molecule has 12 heteroatoms. The first kappa shape index (κ1) is 26.0. The number of halogens is 4. The van der Waals surface area contributed by atoms with Crippen LogP contribution in [-0.2, 0) is 6.54 Å². The first-order valence-electron chi connectivity index (χ1n) is 10.7. The molecule has 0 saturated heterocycles. The number of aromatic amines is 1. The van der Waals surface area contributed by atoms with Crippen molar-refractivity contribution in [1.29, 1.82) is 0 Å². The van der Waals surface area contributed by atoms with Gasteiger partial charge in [0.2, 0.25) is 0 Å². The summed E-state index contributed by atoms with van der Waals surface area (Å²) in [7, 11) is 0. The van der Waals surface area contributed by atoms with Crippen LogP contribution in [0.2, 0.25) is 0 Å². The van der Waals surface area contributed by atoms with Crippen LogP contribution in [0.5, 0.6) is 5.75 Å². The van der Waals surface area contributed by atoms with Crippen LogP contribution in [0.15, 0.2) is 85.5 Å². The van der Waals surface area contributed by atoms with Crippen LogP contribution < -0.4 is 27.0 Å². The van der Waals surface area contributed by atoms with Gasteiger partial charge >= 0.3 is 6.36 Å². The maximum absolute atomic E-state index is 13.5. The van der Waals surface area contributed by atoms with Crippen molar-refractivity contribution in [2.75, 3.05) is 4.90 Å². The van der Waals surface area contributed by atoms with Gasteiger partial charge in [-0.05, 0) is 42.5 Å². The van der Waals surface area contributed by atoms with Gasteiger partial charge in [-0.15, -0.1) is 24.5 Å². The van der Waals surface area contributed by atoms with E-state index in [2.05, 4.69) is 24.7 Å². The van der Waals surface area contributed by atoms with E-state index in [1.807, 2.05) is 18.2 Å². The average Bonchev–Trinajstić information content (AvgIpc) is 3.35. The number of nitrogens with zero attached hydrogens (tertiary/aromatic N) is 4. The molecule has 188 valence electrons. The van der Waals surface area contributed by atoms with Crippen molar-refractivity contribution < 1.29 is 40.1 Å². The van der Waals surface area contributed by atoms with Crippen molar-refractivity contribution in [2.45, 2.75) is 12.9 Å². The Labute approximate surface area is 219 Å². The topological polar surface area (TPSA) is 82.4 Å². The molecule has 0 fully saturated rings. The summed E-state index contributed by atoms with van der Waals surface area (Å²) in [5, 5.41) is 0.598. The molecule has 5 aromatic rings. The molecule has 1 N–H and O–H groups in total. The van der Waals surface area contributed by atoms with Crippen molar-refractivity contribution in [1.82, 2.24) is 15.0 Å². The minimum atomic E-state index is -4.75. The minimum absolute atomic E-state index is 0. The number of nitrogens with one attached hydrogen (secondary N) is 1. The van der Waals surface area contributed by atoms with Gasteiger partial charge in [0.05, 0.1) is 23.8 Å². The van der Waals surface area contributed by atoms with Gasteiger partial charge in [0.1, 0.15) is 22.1 Å². The number of carbonyl (C=O) groups is 1. The first-order chi connectivity index (χ1) is 17.4. The molecule has 2 aromatic carbocycles. The zero-order valence-electron chi connectivity index (χ0n) is 18.8. The molecule has 3 aromatic heterocycles. The summed E-state index contributed by atoms with van der Waals surface area (Å²) in [4.78, 5) is 32.0. The van der Waals surface area contributed by atoms with E-state index in [4.69, 9.17) is 0 Å². The molecule has 0 aliphatic rings. The summed E-state index contributed by atoms with van der Waals surface area (Å²) in [6, 6.07) is 16.3. The molecule has 5 rings (SSSR count). The second-order valence-electron chi connectivity index (χ2n) is 7.60. The van der Waals surface area contributed by atoms with Gasteiger partial charge in [0.25, 0.3) is 5.91 Å². The quantitative estimate of drug-likeness (QED) is 0.328. The van der Waals surface area contributed by atoms with Crippen molar-refractivity contribution in [3.8, 4) is 16.3 Å². The Morgan fingerprint density at radius 1 is 0.973 bits per heavy atom. The lowest BCUT2D eigenvalue weighted by Crippen LogP contribution is -3.00. The fraction of sp³-hybridized carbons (Fsp3) is 0.0800. The minimum Gasteiger partial charge on any atom is -1.00 e. The number of rotatable bonds is 6. The Balaban J connectivity index is 0.00000320. The van der Waals surface area contributed by atoms with E-state index < -0.39 is 6.36 Å². The van der Waals surface area contributed by atoms with Crippen LogP contribution in [0.4, 0.5) is 18.9 Å². The number of thiazole rings is 1. The molecule has 7 nitrogen and oxygen atoms in total. The maximum Gasteiger partial charge on any atom is 0.573 e. The summed E-state index contributed by atoms with van der Waals surface area (Å²) in [6.45, 7) is 0.206. The molecule has 0 bridgehead atoms. The van der Waals surface area contributed by atoms with E-state index in [1.165, 1.54) is 41.8 Å². The molecular formula is C25H17ClF3N5O2S. The lowest BCUT2D eigenvalue weighted by Gasteiger charge is -2.20. The number of carbonyl (C=O) groups excluding carboxylic acids is 1. The Morgan fingerprint density at radius 2 is 1.73 bits per heavy atom. The highest BCUT2D eigenvalue weighted by atomic mass is 35.5. The number of hydrogen-bond donors (Lipinski definition) is 0. The monoisotopic (exact) mass is 543 g/mol. The maximum atomic E-state index is 13.5. The molecule has 0 radical (unpaired) electrons. The third-order valence-corrected chi connectivity index (χ3v) is 6.15. The zero-order chi connectivity index (χ0) is 25.1. The summed E-state index contributed by atoms with van der Waals surface area (Å²) >= 11 is 1.33. The van der Waals surface area contributed by atoms with E-state index in [9.17, 15) is 18.0 Å². The van der Waals surface area contributed by atoms with Gasteiger partial charge < -0.3 is 17.1 Å². The fourth-order valence-corrected chi connectivity index (χ4v) is 4.41. The summed E-state index contributed by atoms with van der Waals surface area (Å²) in [6.07, 6.45) is 1.77. The van der Waals surface area contributed by atoms with Crippen LogP contribution >= 0.6 is 11.3 Å². The van der Waals surface area contributed by atoms with E-state index in [0.717, 1.165) is 4.88 Å². The summed E-state index contributed by atoms with van der Waals surface area (Å²) in [5.74, 6) is -0.645. The molecule has 0 spiro atoms. The van der Waals surface area contributed by atoms with Crippen LogP contribution in [-0.4, -0.2) is 27.2 Å². The van der Waals surface area contributed by atoms with Gasteiger partial charge in [-0.1, -0.05) is 12.1 Å². The van der Waals surface area contributed by atoms with Crippen molar-refractivity contribution in [2.24, 2.45) is 0 Å². The second kappa shape index (κ2) is 10.9. The SMILES string of the molecule is O=C(c1cnc2ccccc2n1)N(Cc1cnc(-c2ccc(OC(F)(F)F)cc2)s1)c1ccc[nH+]c1.[Cl-]. The Bertz CT molecular complexity index is 1510. The number of para-hydroxylation sites is 2. The van der Waals surface area contributed by atoms with Crippen LogP contribution in [0.25, 0.3) is 21.6 Å². The van der Waals surface area contributed by atoms with Gasteiger partial charge in [-0.25, -0.2) is 15.0 Å². The van der Waals surface area contributed by atoms with Crippen molar-refractivity contribution in [3.05, 3.63) is 96.0 Å². The lowest BCUT2D eigenvalue weighted by atomic mass is 10.2. The number of pyridine rings is 1. The number of amides is 1. The molecule has 1 amide bonds. The fourth-order valence-electron chi connectivity index (χ4n) is 3.50. The van der Waals surface area contributed by atoms with Gasteiger partial charge in [-0.2, -0.15) is 0 Å². The smallest absolute Gasteiger partial charge is 0.573 e. The Morgan fingerprint density at radius 3 is 2.43 bits per heavy atom. The largest absolute Gasteiger partial charge is 1.00 e. The average molecular weight is 544 g/mol. The van der Waals surface area contributed by atoms with Crippen molar-refractivity contribution in [3.63, 3.8) is 0 Å². The number of H-pyrrole nitrogens is 1. The van der Waals surface area contributed by atoms with Gasteiger partial charge in [0, 0.05) is 22.7 Å². The predicted octanol–water partition coefficient (Wildman–Crippen LogP) is 2.32. The number of anilines is 1. The van der Waals surface area contributed by atoms with Gasteiger partial charge in [-0.3, -0.25) is 14.7 Å². The molecule has 37 heavy (non-hydrogen) atoms. The van der Waals surface area contributed by atoms with E-state index in [-0.39, 0.29) is 36.3 Å². The van der Waals surface area contributed by atoms with E-state index >= 15 is 0 Å². The lowest BCUT2D eigenvalue weighted by molar-refractivity contribution is -0.377.